The Bertz CT molecular complexity index is 650. The molecule has 0 atom stereocenters. The van der Waals surface area contributed by atoms with Crippen LogP contribution in [0.25, 0.3) is 0 Å². The van der Waals surface area contributed by atoms with E-state index >= 15 is 0 Å². The molecule has 0 bridgehead atoms. The van der Waals surface area contributed by atoms with Gasteiger partial charge in [0.25, 0.3) is 0 Å². The Kier molecular flexibility index (Phi) is 4.14. The van der Waals surface area contributed by atoms with Crippen molar-refractivity contribution in [3.63, 3.8) is 0 Å². The molecule has 0 saturated heterocycles. The largest absolute Gasteiger partial charge is 0.478 e. The summed E-state index contributed by atoms with van der Waals surface area (Å²) in [5, 5.41) is 9.07. The normalized spacial score (nSPS) is 16.1. The Labute approximate surface area is 132 Å². The van der Waals surface area contributed by atoms with Gasteiger partial charge in [0.2, 0.25) is 10.0 Å². The molecule has 7 heteroatoms. The second-order valence-corrected chi connectivity index (χ2v) is 8.39. The van der Waals surface area contributed by atoms with Crippen molar-refractivity contribution in [3.8, 4) is 0 Å². The van der Waals surface area contributed by atoms with Crippen molar-refractivity contribution in [2.45, 2.75) is 37.1 Å². The standard InChI is InChI=1S/C13H16INO4S/c1-13(2,8-3-4-8)15-20(18,19)9-5-6-11(14)10(7-9)12(16)17/h5-8,15H,3-4H2,1-2H3,(H,16,17). The first-order valence-electron chi connectivity index (χ1n) is 6.20. The van der Waals surface area contributed by atoms with E-state index in [9.17, 15) is 13.2 Å². The monoisotopic (exact) mass is 409 g/mol. The van der Waals surface area contributed by atoms with Gasteiger partial charge in [-0.2, -0.15) is 0 Å². The predicted molar refractivity (Wildman–Crippen MR) is 83.2 cm³/mol. The van der Waals surface area contributed by atoms with Crippen molar-refractivity contribution >= 4 is 38.6 Å². The number of aromatic carboxylic acids is 1. The van der Waals surface area contributed by atoms with Crippen LogP contribution in [0.3, 0.4) is 0 Å². The third kappa shape index (κ3) is 3.32. The minimum Gasteiger partial charge on any atom is -0.478 e. The lowest BCUT2D eigenvalue weighted by Crippen LogP contribution is -2.45. The van der Waals surface area contributed by atoms with E-state index in [2.05, 4.69) is 4.72 Å². The number of halogens is 1. The molecule has 1 fully saturated rings. The Balaban J connectivity index is 2.34. The third-order valence-electron chi connectivity index (χ3n) is 3.47. The molecule has 1 aromatic rings. The van der Waals surface area contributed by atoms with Crippen LogP contribution >= 0.6 is 22.6 Å². The number of benzene rings is 1. The molecule has 0 aliphatic heterocycles. The molecule has 110 valence electrons. The fraction of sp³-hybridized carbons (Fsp3) is 0.462. The molecule has 1 aliphatic rings. The molecule has 0 unspecified atom stereocenters. The molecule has 1 saturated carbocycles. The second-order valence-electron chi connectivity index (χ2n) is 5.55. The smallest absolute Gasteiger partial charge is 0.336 e. The minimum absolute atomic E-state index is 0.00213. The summed E-state index contributed by atoms with van der Waals surface area (Å²) in [4.78, 5) is 11.1. The number of hydrogen-bond acceptors (Lipinski definition) is 3. The highest BCUT2D eigenvalue weighted by atomic mass is 127. The van der Waals surface area contributed by atoms with Crippen molar-refractivity contribution < 1.29 is 18.3 Å². The zero-order valence-electron chi connectivity index (χ0n) is 11.2. The van der Waals surface area contributed by atoms with Gasteiger partial charge in [0.05, 0.1) is 10.5 Å². The molecule has 0 amide bonds. The zero-order chi connectivity index (χ0) is 15.1. The molecule has 5 nitrogen and oxygen atoms in total. The van der Waals surface area contributed by atoms with Gasteiger partial charge in [0.1, 0.15) is 0 Å². The Morgan fingerprint density at radius 2 is 2.00 bits per heavy atom. The van der Waals surface area contributed by atoms with Crippen molar-refractivity contribution in [3.05, 3.63) is 27.3 Å². The number of carboxylic acid groups (broad SMARTS) is 1. The zero-order valence-corrected chi connectivity index (χ0v) is 14.2. The average molecular weight is 409 g/mol. The van der Waals surface area contributed by atoms with Gasteiger partial charge >= 0.3 is 5.97 Å². The first-order chi connectivity index (χ1) is 9.13. The maximum Gasteiger partial charge on any atom is 0.336 e. The lowest BCUT2D eigenvalue weighted by atomic mass is 10.0. The summed E-state index contributed by atoms with van der Waals surface area (Å²) in [6.07, 6.45) is 2.03. The minimum atomic E-state index is -3.71. The predicted octanol–water partition coefficient (Wildman–Crippen LogP) is 2.46. The van der Waals surface area contributed by atoms with Crippen molar-refractivity contribution in [2.24, 2.45) is 5.92 Å². The molecule has 2 rings (SSSR count). The van der Waals surface area contributed by atoms with E-state index in [-0.39, 0.29) is 10.5 Å². The quantitative estimate of drug-likeness (QED) is 0.732. The van der Waals surface area contributed by atoms with Crippen molar-refractivity contribution in [2.75, 3.05) is 0 Å². The summed E-state index contributed by atoms with van der Waals surface area (Å²) in [6, 6.07) is 4.14. The van der Waals surface area contributed by atoms with E-state index in [0.29, 0.717) is 9.49 Å². The Morgan fingerprint density at radius 3 is 2.50 bits per heavy atom. The van der Waals surface area contributed by atoms with E-state index in [4.69, 9.17) is 5.11 Å². The molecule has 1 aromatic carbocycles. The van der Waals surface area contributed by atoms with Crippen LogP contribution < -0.4 is 4.72 Å². The first-order valence-corrected chi connectivity index (χ1v) is 8.76. The fourth-order valence-corrected chi connectivity index (χ4v) is 4.19. The third-order valence-corrected chi connectivity index (χ3v) is 6.08. The molecule has 2 N–H and O–H groups in total. The van der Waals surface area contributed by atoms with Crippen LogP contribution in [0.4, 0.5) is 0 Å². The van der Waals surface area contributed by atoms with E-state index in [1.54, 1.807) is 0 Å². The van der Waals surface area contributed by atoms with Gasteiger partial charge in [0.15, 0.2) is 0 Å². The second kappa shape index (κ2) is 5.27. The SMILES string of the molecule is CC(C)(NS(=O)(=O)c1ccc(I)c(C(=O)O)c1)C1CC1. The lowest BCUT2D eigenvalue weighted by Gasteiger charge is -2.25. The first kappa shape index (κ1) is 15.7. The number of carboxylic acids is 1. The Hall–Kier alpha value is -0.670. The number of sulfonamides is 1. The summed E-state index contributed by atoms with van der Waals surface area (Å²) in [6.45, 7) is 3.71. The highest BCUT2D eigenvalue weighted by Crippen LogP contribution is 2.40. The maximum atomic E-state index is 12.4. The van der Waals surface area contributed by atoms with E-state index in [0.717, 1.165) is 12.8 Å². The molecule has 0 radical (unpaired) electrons. The van der Waals surface area contributed by atoms with Crippen molar-refractivity contribution in [1.29, 1.82) is 0 Å². The van der Waals surface area contributed by atoms with Crippen molar-refractivity contribution in [1.82, 2.24) is 4.72 Å². The fourth-order valence-electron chi connectivity index (χ4n) is 2.13. The summed E-state index contributed by atoms with van der Waals surface area (Å²) >= 11 is 1.87. The molecular weight excluding hydrogens is 393 g/mol. The highest BCUT2D eigenvalue weighted by Gasteiger charge is 2.40. The maximum absolute atomic E-state index is 12.4. The van der Waals surface area contributed by atoms with Gasteiger partial charge < -0.3 is 5.11 Å². The number of hydrogen-bond donors (Lipinski definition) is 2. The number of rotatable bonds is 5. The van der Waals surface area contributed by atoms with Gasteiger partial charge in [-0.1, -0.05) is 0 Å². The molecular formula is C13H16INO4S. The summed E-state index contributed by atoms with van der Waals surface area (Å²) in [7, 11) is -3.71. The van der Waals surface area contributed by atoms with Crippen LogP contribution in [0.15, 0.2) is 23.1 Å². The van der Waals surface area contributed by atoms with Gasteiger partial charge in [0, 0.05) is 9.11 Å². The van der Waals surface area contributed by atoms with Crippen LogP contribution in [-0.4, -0.2) is 25.0 Å². The van der Waals surface area contributed by atoms with Crippen LogP contribution in [-0.2, 0) is 10.0 Å². The van der Waals surface area contributed by atoms with Crippen LogP contribution in [0, 0.1) is 9.49 Å². The van der Waals surface area contributed by atoms with Gasteiger partial charge in [-0.3, -0.25) is 0 Å². The molecule has 0 heterocycles. The lowest BCUT2D eigenvalue weighted by molar-refractivity contribution is 0.0695. The van der Waals surface area contributed by atoms with E-state index in [1.165, 1.54) is 18.2 Å². The van der Waals surface area contributed by atoms with Gasteiger partial charge in [-0.05, 0) is 73.4 Å². The molecule has 20 heavy (non-hydrogen) atoms. The summed E-state index contributed by atoms with van der Waals surface area (Å²) in [5.41, 5.74) is -0.511. The Morgan fingerprint density at radius 1 is 1.40 bits per heavy atom. The van der Waals surface area contributed by atoms with Crippen LogP contribution in [0.1, 0.15) is 37.0 Å². The van der Waals surface area contributed by atoms with Crippen LogP contribution in [0.5, 0.6) is 0 Å². The number of nitrogens with one attached hydrogen (secondary N) is 1. The molecule has 0 spiro atoms. The molecule has 0 aromatic heterocycles. The summed E-state index contributed by atoms with van der Waals surface area (Å²) in [5.74, 6) is -0.784. The van der Waals surface area contributed by atoms with Gasteiger partial charge in [-0.25, -0.2) is 17.9 Å². The molecule has 1 aliphatic carbocycles. The topological polar surface area (TPSA) is 83.5 Å². The average Bonchev–Trinajstić information content (AvgIpc) is 3.11. The van der Waals surface area contributed by atoms with Crippen LogP contribution in [0.2, 0.25) is 0 Å². The van der Waals surface area contributed by atoms with E-state index in [1.807, 2.05) is 36.4 Å². The van der Waals surface area contributed by atoms with Gasteiger partial charge in [-0.15, -0.1) is 0 Å². The number of carbonyl (C=O) groups is 1. The highest BCUT2D eigenvalue weighted by molar-refractivity contribution is 14.1. The summed E-state index contributed by atoms with van der Waals surface area (Å²) < 4.78 is 27.9. The van der Waals surface area contributed by atoms with E-state index < -0.39 is 21.5 Å².